The number of hydrogen-bond donors (Lipinski definition) is 0. The summed E-state index contributed by atoms with van der Waals surface area (Å²) in [7, 11) is 3.08. The van der Waals surface area contributed by atoms with Gasteiger partial charge in [-0.1, -0.05) is 35.3 Å². The summed E-state index contributed by atoms with van der Waals surface area (Å²) in [6, 6.07) is 9.16. The summed E-state index contributed by atoms with van der Waals surface area (Å²) in [5.41, 5.74) is 1.50. The second kappa shape index (κ2) is 7.10. The Hall–Kier alpha value is -0.610. The molecule has 1 unspecified atom stereocenters. The minimum absolute atomic E-state index is 0.384. The minimum atomic E-state index is -0.492. The molecular formula is C15H12BrCl3O2. The van der Waals surface area contributed by atoms with Crippen LogP contribution in [-0.2, 0) is 0 Å². The van der Waals surface area contributed by atoms with Crippen molar-refractivity contribution in [3.63, 3.8) is 0 Å². The highest BCUT2D eigenvalue weighted by atomic mass is 79.9. The van der Waals surface area contributed by atoms with Crippen LogP contribution in [0.25, 0.3) is 0 Å². The molecule has 0 aliphatic rings. The van der Waals surface area contributed by atoms with Crippen LogP contribution in [0.2, 0.25) is 10.0 Å². The maximum Gasteiger partial charge on any atom is 0.146 e. The van der Waals surface area contributed by atoms with Crippen LogP contribution >= 0.6 is 50.7 Å². The molecule has 2 aromatic carbocycles. The van der Waals surface area contributed by atoms with Crippen molar-refractivity contribution in [2.24, 2.45) is 0 Å². The van der Waals surface area contributed by atoms with Gasteiger partial charge >= 0.3 is 0 Å². The number of methoxy groups -OCH3 is 2. The Morgan fingerprint density at radius 1 is 0.952 bits per heavy atom. The average molecular weight is 411 g/mol. The van der Waals surface area contributed by atoms with E-state index in [4.69, 9.17) is 44.3 Å². The van der Waals surface area contributed by atoms with E-state index in [0.29, 0.717) is 21.5 Å². The monoisotopic (exact) mass is 408 g/mol. The van der Waals surface area contributed by atoms with Crippen molar-refractivity contribution in [1.29, 1.82) is 0 Å². The Labute approximate surface area is 147 Å². The molecule has 0 saturated heterocycles. The van der Waals surface area contributed by atoms with Gasteiger partial charge in [0, 0.05) is 10.0 Å². The standard InChI is InChI=1S/C15H12BrCl3O2/c1-20-11-7-6-9(15(21-2)14(11)19)12(17)8-4-3-5-10(16)13(8)18/h3-7,12H,1-2H3. The van der Waals surface area contributed by atoms with E-state index in [1.165, 1.54) is 7.11 Å². The van der Waals surface area contributed by atoms with Gasteiger partial charge in [-0.15, -0.1) is 11.6 Å². The highest BCUT2D eigenvalue weighted by Crippen LogP contribution is 2.45. The van der Waals surface area contributed by atoms with Crippen molar-refractivity contribution in [1.82, 2.24) is 0 Å². The van der Waals surface area contributed by atoms with Crippen LogP contribution < -0.4 is 9.47 Å². The maximum absolute atomic E-state index is 6.58. The number of benzene rings is 2. The van der Waals surface area contributed by atoms with E-state index in [0.717, 1.165) is 15.6 Å². The summed E-state index contributed by atoms with van der Waals surface area (Å²) in [6.07, 6.45) is 0. The molecule has 0 aromatic heterocycles. The van der Waals surface area contributed by atoms with Gasteiger partial charge < -0.3 is 9.47 Å². The fourth-order valence-corrected chi connectivity index (χ4v) is 3.35. The second-order valence-corrected chi connectivity index (χ2v) is 6.26. The van der Waals surface area contributed by atoms with Gasteiger partial charge in [-0.2, -0.15) is 0 Å². The number of alkyl halides is 1. The van der Waals surface area contributed by atoms with Crippen LogP contribution in [0.15, 0.2) is 34.8 Å². The zero-order valence-corrected chi connectivity index (χ0v) is 15.1. The Balaban J connectivity index is 2.56. The lowest BCUT2D eigenvalue weighted by molar-refractivity contribution is 0.392. The third kappa shape index (κ3) is 3.26. The number of rotatable bonds is 4. The molecule has 0 saturated carbocycles. The van der Waals surface area contributed by atoms with Crippen LogP contribution in [0.3, 0.4) is 0 Å². The first-order chi connectivity index (χ1) is 10.0. The van der Waals surface area contributed by atoms with E-state index in [1.54, 1.807) is 13.2 Å². The van der Waals surface area contributed by atoms with Gasteiger partial charge in [0.2, 0.25) is 0 Å². The summed E-state index contributed by atoms with van der Waals surface area (Å²) in [6.45, 7) is 0. The molecule has 0 aliphatic heterocycles. The predicted octanol–water partition coefficient (Wildman–Crippen LogP) is 6.10. The van der Waals surface area contributed by atoms with Crippen molar-refractivity contribution in [3.05, 3.63) is 56.0 Å². The second-order valence-electron chi connectivity index (χ2n) is 4.21. The summed E-state index contributed by atoms with van der Waals surface area (Å²) >= 11 is 22.5. The smallest absolute Gasteiger partial charge is 0.146 e. The largest absolute Gasteiger partial charge is 0.495 e. The summed E-state index contributed by atoms with van der Waals surface area (Å²) in [4.78, 5) is 0. The Morgan fingerprint density at radius 3 is 2.29 bits per heavy atom. The fraction of sp³-hybridized carbons (Fsp3) is 0.200. The van der Waals surface area contributed by atoms with E-state index in [1.807, 2.05) is 24.3 Å². The molecule has 2 aromatic rings. The van der Waals surface area contributed by atoms with E-state index < -0.39 is 5.38 Å². The van der Waals surface area contributed by atoms with E-state index in [-0.39, 0.29) is 0 Å². The molecule has 0 spiro atoms. The highest BCUT2D eigenvalue weighted by molar-refractivity contribution is 9.10. The summed E-state index contributed by atoms with van der Waals surface area (Å²) in [5, 5.41) is 0.453. The van der Waals surface area contributed by atoms with Crippen molar-refractivity contribution in [2.45, 2.75) is 5.38 Å². The zero-order chi connectivity index (χ0) is 15.6. The Bertz CT molecular complexity index is 662. The van der Waals surface area contributed by atoms with Gasteiger partial charge in [0.05, 0.1) is 24.6 Å². The fourth-order valence-electron chi connectivity index (χ4n) is 2.00. The highest BCUT2D eigenvalue weighted by Gasteiger charge is 2.22. The third-order valence-electron chi connectivity index (χ3n) is 3.04. The van der Waals surface area contributed by atoms with Crippen molar-refractivity contribution in [3.8, 4) is 11.5 Å². The first-order valence-electron chi connectivity index (χ1n) is 5.99. The molecule has 2 rings (SSSR count). The SMILES string of the molecule is COc1ccc(C(Cl)c2cccc(Br)c2Cl)c(OC)c1Cl. The molecule has 0 N–H and O–H groups in total. The normalized spacial score (nSPS) is 12.1. The van der Waals surface area contributed by atoms with E-state index in [2.05, 4.69) is 15.9 Å². The number of halogens is 4. The zero-order valence-electron chi connectivity index (χ0n) is 11.3. The van der Waals surface area contributed by atoms with Crippen LogP contribution in [0, 0.1) is 0 Å². The predicted molar refractivity (Wildman–Crippen MR) is 91.4 cm³/mol. The van der Waals surface area contributed by atoms with Crippen LogP contribution in [0.4, 0.5) is 0 Å². The lowest BCUT2D eigenvalue weighted by Gasteiger charge is -2.18. The molecule has 0 fully saturated rings. The molecule has 6 heteroatoms. The molecular weight excluding hydrogens is 398 g/mol. The Morgan fingerprint density at radius 2 is 1.67 bits per heavy atom. The number of hydrogen-bond acceptors (Lipinski definition) is 2. The summed E-state index contributed by atoms with van der Waals surface area (Å²) < 4.78 is 11.3. The van der Waals surface area contributed by atoms with Gasteiger partial charge in [-0.3, -0.25) is 0 Å². The van der Waals surface area contributed by atoms with E-state index >= 15 is 0 Å². The van der Waals surface area contributed by atoms with Crippen LogP contribution in [0.1, 0.15) is 16.5 Å². The molecule has 0 amide bonds. The summed E-state index contributed by atoms with van der Waals surface area (Å²) in [5.74, 6) is 1.01. The molecule has 0 bridgehead atoms. The lowest BCUT2D eigenvalue weighted by atomic mass is 10.0. The molecule has 2 nitrogen and oxygen atoms in total. The Kier molecular flexibility index (Phi) is 5.67. The number of ether oxygens (including phenoxy) is 2. The van der Waals surface area contributed by atoms with Crippen molar-refractivity contribution in [2.75, 3.05) is 14.2 Å². The molecule has 112 valence electrons. The van der Waals surface area contributed by atoms with Gasteiger partial charge in [0.15, 0.2) is 0 Å². The third-order valence-corrected chi connectivity index (χ3v) is 5.18. The van der Waals surface area contributed by atoms with Gasteiger partial charge in [-0.05, 0) is 39.7 Å². The van der Waals surface area contributed by atoms with Gasteiger partial charge in [0.25, 0.3) is 0 Å². The van der Waals surface area contributed by atoms with Gasteiger partial charge in [-0.25, -0.2) is 0 Å². The molecule has 1 atom stereocenters. The first kappa shape index (κ1) is 16.8. The minimum Gasteiger partial charge on any atom is -0.495 e. The van der Waals surface area contributed by atoms with Gasteiger partial charge in [0.1, 0.15) is 16.5 Å². The average Bonchev–Trinajstić information content (AvgIpc) is 2.49. The van der Waals surface area contributed by atoms with Crippen LogP contribution in [0.5, 0.6) is 11.5 Å². The lowest BCUT2D eigenvalue weighted by Crippen LogP contribution is -2.00. The molecule has 0 heterocycles. The van der Waals surface area contributed by atoms with E-state index in [9.17, 15) is 0 Å². The molecule has 21 heavy (non-hydrogen) atoms. The first-order valence-corrected chi connectivity index (χ1v) is 7.98. The topological polar surface area (TPSA) is 18.5 Å². The molecule has 0 radical (unpaired) electrons. The molecule has 0 aliphatic carbocycles. The van der Waals surface area contributed by atoms with Crippen LogP contribution in [-0.4, -0.2) is 14.2 Å². The van der Waals surface area contributed by atoms with Crippen molar-refractivity contribution < 1.29 is 9.47 Å². The maximum atomic E-state index is 6.58. The quantitative estimate of drug-likeness (QED) is 0.567. The van der Waals surface area contributed by atoms with Crippen molar-refractivity contribution >= 4 is 50.7 Å².